The third-order valence-electron chi connectivity index (χ3n) is 3.27. The molecule has 1 rings (SSSR count). The van der Waals surface area contributed by atoms with Crippen LogP contribution in [0.25, 0.3) is 0 Å². The highest BCUT2D eigenvalue weighted by atomic mass is 32.2. The summed E-state index contributed by atoms with van der Waals surface area (Å²) >= 11 is 0. The number of rotatable bonds is 7. The smallest absolute Gasteiger partial charge is 0.212 e. The van der Waals surface area contributed by atoms with E-state index in [0.717, 1.165) is 25.7 Å². The van der Waals surface area contributed by atoms with Crippen molar-refractivity contribution in [3.63, 3.8) is 0 Å². The van der Waals surface area contributed by atoms with Crippen LogP contribution in [0.15, 0.2) is 0 Å². The Balaban J connectivity index is 2.62. The normalized spacial score (nSPS) is 18.1. The van der Waals surface area contributed by atoms with Crippen molar-refractivity contribution in [1.29, 1.82) is 0 Å². The largest absolute Gasteiger partial charge is 0.329 e. The second kappa shape index (κ2) is 4.80. The molecular formula is C10H22N2O2S. The SMILES string of the molecule is CCC(CC)(CN)NS(=O)(=O)CC1CC1. The molecule has 0 spiro atoms. The first-order valence-electron chi connectivity index (χ1n) is 5.68. The van der Waals surface area contributed by atoms with Gasteiger partial charge >= 0.3 is 0 Å². The summed E-state index contributed by atoms with van der Waals surface area (Å²) < 4.78 is 26.4. The third kappa shape index (κ3) is 3.74. The standard InChI is InChI=1S/C10H22N2O2S/c1-3-10(4-2,8-11)12-15(13,14)7-9-5-6-9/h9,12H,3-8,11H2,1-2H3. The first-order valence-corrected chi connectivity index (χ1v) is 7.34. The highest BCUT2D eigenvalue weighted by molar-refractivity contribution is 7.89. The number of hydrogen-bond donors (Lipinski definition) is 2. The monoisotopic (exact) mass is 234 g/mol. The Labute approximate surface area is 92.7 Å². The summed E-state index contributed by atoms with van der Waals surface area (Å²) in [5.74, 6) is 0.654. The molecule has 0 atom stereocenters. The zero-order valence-corrected chi connectivity index (χ0v) is 10.4. The Hall–Kier alpha value is -0.130. The zero-order valence-electron chi connectivity index (χ0n) is 9.62. The number of sulfonamides is 1. The summed E-state index contributed by atoms with van der Waals surface area (Å²) in [5.41, 5.74) is 5.22. The topological polar surface area (TPSA) is 72.2 Å². The molecule has 5 heteroatoms. The van der Waals surface area contributed by atoms with Gasteiger partial charge in [-0.1, -0.05) is 13.8 Å². The molecule has 0 aromatic heterocycles. The number of nitrogens with two attached hydrogens (primary N) is 1. The lowest BCUT2D eigenvalue weighted by molar-refractivity contribution is 0.363. The molecule has 0 bridgehead atoms. The summed E-state index contributed by atoms with van der Waals surface area (Å²) in [4.78, 5) is 0. The summed E-state index contributed by atoms with van der Waals surface area (Å²) in [5, 5.41) is 0. The fourth-order valence-electron chi connectivity index (χ4n) is 1.69. The number of hydrogen-bond acceptors (Lipinski definition) is 3. The molecule has 0 saturated heterocycles. The van der Waals surface area contributed by atoms with Gasteiger partial charge in [-0.15, -0.1) is 0 Å². The molecule has 0 aromatic carbocycles. The Morgan fingerprint density at radius 3 is 2.20 bits per heavy atom. The summed E-state index contributed by atoms with van der Waals surface area (Å²) in [6.45, 7) is 4.30. The Morgan fingerprint density at radius 2 is 1.87 bits per heavy atom. The van der Waals surface area contributed by atoms with E-state index in [1.807, 2.05) is 13.8 Å². The van der Waals surface area contributed by atoms with Gasteiger partial charge in [0.05, 0.1) is 5.75 Å². The minimum Gasteiger partial charge on any atom is -0.329 e. The zero-order chi connectivity index (χ0) is 11.5. The van der Waals surface area contributed by atoms with Crippen LogP contribution in [-0.4, -0.2) is 26.3 Å². The molecular weight excluding hydrogens is 212 g/mol. The average molecular weight is 234 g/mol. The van der Waals surface area contributed by atoms with Gasteiger partial charge in [0, 0.05) is 12.1 Å². The van der Waals surface area contributed by atoms with Gasteiger partial charge in [-0.2, -0.15) is 0 Å². The molecule has 1 saturated carbocycles. The molecule has 90 valence electrons. The van der Waals surface area contributed by atoms with Crippen molar-refractivity contribution in [2.45, 2.75) is 45.1 Å². The Bertz CT molecular complexity index is 284. The van der Waals surface area contributed by atoms with Crippen LogP contribution in [0.1, 0.15) is 39.5 Å². The molecule has 0 unspecified atom stereocenters. The first kappa shape index (κ1) is 12.9. The van der Waals surface area contributed by atoms with E-state index in [1.54, 1.807) is 0 Å². The lowest BCUT2D eigenvalue weighted by atomic mass is 9.95. The van der Waals surface area contributed by atoms with Crippen molar-refractivity contribution in [3.8, 4) is 0 Å². The molecule has 3 N–H and O–H groups in total. The highest BCUT2D eigenvalue weighted by Crippen LogP contribution is 2.30. The van der Waals surface area contributed by atoms with Crippen molar-refractivity contribution >= 4 is 10.0 Å². The minimum atomic E-state index is -3.14. The molecule has 15 heavy (non-hydrogen) atoms. The predicted octanol–water partition coefficient (Wildman–Crippen LogP) is 0.833. The average Bonchev–Trinajstić information content (AvgIpc) is 2.97. The van der Waals surface area contributed by atoms with E-state index in [1.165, 1.54) is 0 Å². The molecule has 1 aliphatic rings. The quantitative estimate of drug-likeness (QED) is 0.685. The summed E-state index contributed by atoms with van der Waals surface area (Å²) in [6, 6.07) is 0. The van der Waals surface area contributed by atoms with Crippen LogP contribution in [0.4, 0.5) is 0 Å². The molecule has 0 heterocycles. The van der Waals surface area contributed by atoms with Gasteiger partial charge in [0.2, 0.25) is 10.0 Å². The highest BCUT2D eigenvalue weighted by Gasteiger charge is 2.34. The molecule has 0 amide bonds. The van der Waals surface area contributed by atoms with Crippen molar-refractivity contribution in [2.75, 3.05) is 12.3 Å². The van der Waals surface area contributed by atoms with E-state index in [0.29, 0.717) is 12.5 Å². The lowest BCUT2D eigenvalue weighted by Crippen LogP contribution is -2.53. The van der Waals surface area contributed by atoms with Crippen LogP contribution < -0.4 is 10.5 Å². The third-order valence-corrected chi connectivity index (χ3v) is 4.92. The van der Waals surface area contributed by atoms with E-state index in [-0.39, 0.29) is 5.75 Å². The van der Waals surface area contributed by atoms with Crippen LogP contribution in [0, 0.1) is 5.92 Å². The van der Waals surface area contributed by atoms with Crippen LogP contribution >= 0.6 is 0 Å². The maximum atomic E-state index is 11.8. The molecule has 0 aromatic rings. The van der Waals surface area contributed by atoms with Gasteiger partial charge in [0.25, 0.3) is 0 Å². The maximum Gasteiger partial charge on any atom is 0.212 e. The summed E-state index contributed by atoms with van der Waals surface area (Å²) in [7, 11) is -3.14. The van der Waals surface area contributed by atoms with Crippen molar-refractivity contribution < 1.29 is 8.42 Å². The van der Waals surface area contributed by atoms with Gasteiger partial charge in [-0.3, -0.25) is 0 Å². The molecule has 0 aliphatic heterocycles. The van der Waals surface area contributed by atoms with Gasteiger partial charge < -0.3 is 5.73 Å². The van der Waals surface area contributed by atoms with Crippen molar-refractivity contribution in [1.82, 2.24) is 4.72 Å². The van der Waals surface area contributed by atoms with Crippen molar-refractivity contribution in [3.05, 3.63) is 0 Å². The fourth-order valence-corrected chi connectivity index (χ4v) is 3.76. The lowest BCUT2D eigenvalue weighted by Gasteiger charge is -2.31. The Kier molecular flexibility index (Phi) is 4.14. The molecule has 0 radical (unpaired) electrons. The van der Waals surface area contributed by atoms with Crippen LogP contribution in [0.2, 0.25) is 0 Å². The predicted molar refractivity (Wildman–Crippen MR) is 62.0 cm³/mol. The molecule has 1 fully saturated rings. The van der Waals surface area contributed by atoms with E-state index >= 15 is 0 Å². The summed E-state index contributed by atoms with van der Waals surface area (Å²) in [6.07, 6.45) is 3.58. The number of nitrogens with one attached hydrogen (secondary N) is 1. The molecule has 1 aliphatic carbocycles. The van der Waals surface area contributed by atoms with Gasteiger partial charge in [-0.05, 0) is 31.6 Å². The van der Waals surface area contributed by atoms with E-state index in [2.05, 4.69) is 4.72 Å². The van der Waals surface area contributed by atoms with Crippen LogP contribution in [0.5, 0.6) is 0 Å². The van der Waals surface area contributed by atoms with Gasteiger partial charge in [-0.25, -0.2) is 13.1 Å². The van der Waals surface area contributed by atoms with Crippen LogP contribution in [0.3, 0.4) is 0 Å². The molecule has 4 nitrogen and oxygen atoms in total. The second-order valence-corrected chi connectivity index (χ2v) is 6.29. The van der Waals surface area contributed by atoms with E-state index < -0.39 is 15.6 Å². The van der Waals surface area contributed by atoms with Crippen LogP contribution in [-0.2, 0) is 10.0 Å². The van der Waals surface area contributed by atoms with Crippen molar-refractivity contribution in [2.24, 2.45) is 11.7 Å². The second-order valence-electron chi connectivity index (χ2n) is 4.52. The minimum absolute atomic E-state index is 0.273. The van der Waals surface area contributed by atoms with Gasteiger partial charge in [0.1, 0.15) is 0 Å². The van der Waals surface area contributed by atoms with E-state index in [9.17, 15) is 8.42 Å². The Morgan fingerprint density at radius 1 is 1.33 bits per heavy atom. The van der Waals surface area contributed by atoms with Gasteiger partial charge in [0.15, 0.2) is 0 Å². The van der Waals surface area contributed by atoms with E-state index in [4.69, 9.17) is 5.73 Å². The maximum absolute atomic E-state index is 11.8. The first-order chi connectivity index (χ1) is 6.97. The fraction of sp³-hybridized carbons (Fsp3) is 1.00.